The second kappa shape index (κ2) is 5.45. The largest absolute Gasteiger partial charge is 0.340 e. The van der Waals surface area contributed by atoms with Gasteiger partial charge in [-0.1, -0.05) is 6.08 Å². The predicted octanol–water partition coefficient (Wildman–Crippen LogP) is -0.971. The van der Waals surface area contributed by atoms with Crippen LogP contribution in [-0.2, 0) is 20.6 Å². The first-order valence-corrected chi connectivity index (χ1v) is 7.29. The Labute approximate surface area is 127 Å². The second-order valence-corrected chi connectivity index (χ2v) is 5.43. The van der Waals surface area contributed by atoms with E-state index in [-0.39, 0.29) is 11.2 Å². The number of nitrogens with zero attached hydrogens (tertiary/aromatic N) is 5. The minimum atomic E-state index is -0.368. The molecule has 0 bridgehead atoms. The van der Waals surface area contributed by atoms with Gasteiger partial charge in [0, 0.05) is 46.8 Å². The van der Waals surface area contributed by atoms with Crippen molar-refractivity contribution in [2.45, 2.75) is 6.54 Å². The van der Waals surface area contributed by atoms with Crippen molar-refractivity contribution in [2.24, 2.45) is 14.1 Å². The number of hydrogen-bond donors (Lipinski definition) is 1. The molecule has 1 aliphatic rings. The smallest absolute Gasteiger partial charge is 0.332 e. The van der Waals surface area contributed by atoms with Gasteiger partial charge in [0.05, 0.1) is 0 Å². The molecule has 1 N–H and O–H groups in total. The predicted molar refractivity (Wildman–Crippen MR) is 85.5 cm³/mol. The van der Waals surface area contributed by atoms with Crippen LogP contribution in [0.1, 0.15) is 0 Å². The number of imidazole rings is 1. The lowest BCUT2D eigenvalue weighted by atomic mass is 10.4. The standard InChI is InChI=1S/C14H20N6O2/c1-4-7-20-10-11(17(2)14(22)18(3)12(10)21)16-13(20)19-8-5-15-6-9-19/h4,15H,1,5-9H2,2-3H3. The molecule has 0 spiro atoms. The molecule has 0 radical (unpaired) electrons. The lowest BCUT2D eigenvalue weighted by Crippen LogP contribution is -2.44. The highest BCUT2D eigenvalue weighted by Gasteiger charge is 2.22. The topological polar surface area (TPSA) is 77.1 Å². The Bertz CT molecular complexity index is 838. The highest BCUT2D eigenvalue weighted by atomic mass is 16.2. The van der Waals surface area contributed by atoms with Crippen molar-refractivity contribution in [3.05, 3.63) is 33.5 Å². The van der Waals surface area contributed by atoms with E-state index in [2.05, 4.69) is 21.8 Å². The summed E-state index contributed by atoms with van der Waals surface area (Å²) >= 11 is 0. The minimum Gasteiger partial charge on any atom is -0.340 e. The molecule has 0 aliphatic carbocycles. The summed E-state index contributed by atoms with van der Waals surface area (Å²) in [4.78, 5) is 31.3. The van der Waals surface area contributed by atoms with E-state index in [9.17, 15) is 9.59 Å². The van der Waals surface area contributed by atoms with Crippen LogP contribution in [0.25, 0.3) is 11.2 Å². The van der Waals surface area contributed by atoms with Gasteiger partial charge in [0.2, 0.25) is 5.95 Å². The van der Waals surface area contributed by atoms with Crippen molar-refractivity contribution in [1.82, 2.24) is 24.0 Å². The van der Waals surface area contributed by atoms with E-state index in [1.54, 1.807) is 13.1 Å². The minimum absolute atomic E-state index is 0.325. The number of fused-ring (bicyclic) bond motifs is 1. The summed E-state index contributed by atoms with van der Waals surface area (Å²) in [5, 5.41) is 3.29. The molecule has 2 aromatic heterocycles. The maximum atomic E-state index is 12.5. The second-order valence-electron chi connectivity index (χ2n) is 5.43. The van der Waals surface area contributed by atoms with Crippen molar-refractivity contribution in [1.29, 1.82) is 0 Å². The maximum Gasteiger partial charge on any atom is 0.332 e. The number of aryl methyl sites for hydroxylation is 1. The molecule has 1 aliphatic heterocycles. The summed E-state index contributed by atoms with van der Waals surface area (Å²) in [5.74, 6) is 0.717. The van der Waals surface area contributed by atoms with Gasteiger partial charge in [-0.05, 0) is 0 Å². The summed E-state index contributed by atoms with van der Waals surface area (Å²) < 4.78 is 4.38. The summed E-state index contributed by atoms with van der Waals surface area (Å²) in [6.45, 7) is 7.61. The summed E-state index contributed by atoms with van der Waals surface area (Å²) in [6.07, 6.45) is 1.73. The van der Waals surface area contributed by atoms with Gasteiger partial charge in [0.1, 0.15) is 0 Å². The van der Waals surface area contributed by atoms with E-state index < -0.39 is 0 Å². The van der Waals surface area contributed by atoms with Crippen molar-refractivity contribution < 1.29 is 0 Å². The van der Waals surface area contributed by atoms with E-state index in [4.69, 9.17) is 0 Å². The third-order valence-electron chi connectivity index (χ3n) is 4.04. The Hall–Kier alpha value is -2.35. The van der Waals surface area contributed by atoms with Gasteiger partial charge in [-0.15, -0.1) is 6.58 Å². The molecule has 0 amide bonds. The number of hydrogen-bond acceptors (Lipinski definition) is 5. The molecule has 3 rings (SSSR count). The fraction of sp³-hybridized carbons (Fsp3) is 0.500. The Morgan fingerprint density at radius 2 is 1.91 bits per heavy atom. The molecular weight excluding hydrogens is 284 g/mol. The molecule has 0 unspecified atom stereocenters. The molecule has 1 fully saturated rings. The first kappa shape index (κ1) is 14.6. The van der Waals surface area contributed by atoms with Gasteiger partial charge in [0.25, 0.3) is 5.56 Å². The van der Waals surface area contributed by atoms with Gasteiger partial charge in [-0.25, -0.2) is 4.79 Å². The van der Waals surface area contributed by atoms with Crippen molar-refractivity contribution in [3.63, 3.8) is 0 Å². The molecule has 1 saturated heterocycles. The van der Waals surface area contributed by atoms with Gasteiger partial charge in [-0.2, -0.15) is 4.98 Å². The summed E-state index contributed by atoms with van der Waals surface area (Å²) in [7, 11) is 3.12. The zero-order chi connectivity index (χ0) is 15.9. The number of rotatable bonds is 3. The molecule has 0 aromatic carbocycles. The highest BCUT2D eigenvalue weighted by molar-refractivity contribution is 5.74. The first-order valence-electron chi connectivity index (χ1n) is 7.29. The number of allylic oxidation sites excluding steroid dienone is 1. The van der Waals surface area contributed by atoms with E-state index in [0.717, 1.165) is 36.7 Å². The van der Waals surface area contributed by atoms with Crippen molar-refractivity contribution in [3.8, 4) is 0 Å². The normalized spacial score (nSPS) is 15.5. The lowest BCUT2D eigenvalue weighted by Gasteiger charge is -2.28. The number of anilines is 1. The van der Waals surface area contributed by atoms with Crippen molar-refractivity contribution in [2.75, 3.05) is 31.1 Å². The highest BCUT2D eigenvalue weighted by Crippen LogP contribution is 2.19. The van der Waals surface area contributed by atoms with Gasteiger partial charge < -0.3 is 14.8 Å². The Balaban J connectivity index is 2.33. The van der Waals surface area contributed by atoms with E-state index in [1.165, 1.54) is 11.6 Å². The molecule has 0 atom stereocenters. The number of piperazine rings is 1. The first-order chi connectivity index (χ1) is 10.6. The average molecular weight is 304 g/mol. The Kier molecular flexibility index (Phi) is 3.61. The monoisotopic (exact) mass is 304 g/mol. The molecule has 8 heteroatoms. The van der Waals surface area contributed by atoms with Gasteiger partial charge >= 0.3 is 5.69 Å². The van der Waals surface area contributed by atoms with Gasteiger partial charge in [-0.3, -0.25) is 13.9 Å². The molecule has 8 nitrogen and oxygen atoms in total. The third kappa shape index (κ3) is 2.07. The van der Waals surface area contributed by atoms with Crippen LogP contribution in [0.4, 0.5) is 5.95 Å². The van der Waals surface area contributed by atoms with Crippen LogP contribution in [0.3, 0.4) is 0 Å². The third-order valence-corrected chi connectivity index (χ3v) is 4.04. The van der Waals surface area contributed by atoms with Gasteiger partial charge in [0.15, 0.2) is 11.2 Å². The molecule has 3 heterocycles. The van der Waals surface area contributed by atoms with Crippen LogP contribution in [-0.4, -0.2) is 44.9 Å². The summed E-state index contributed by atoms with van der Waals surface area (Å²) in [5.41, 5.74) is 0.169. The van der Waals surface area contributed by atoms with Crippen LogP contribution >= 0.6 is 0 Å². The van der Waals surface area contributed by atoms with Crippen LogP contribution in [0, 0.1) is 0 Å². The fourth-order valence-corrected chi connectivity index (χ4v) is 2.84. The number of aromatic nitrogens is 4. The molecule has 0 saturated carbocycles. The Morgan fingerprint density at radius 1 is 1.23 bits per heavy atom. The molecular formula is C14H20N6O2. The summed E-state index contributed by atoms with van der Waals surface area (Å²) in [6, 6.07) is 0. The fourth-order valence-electron chi connectivity index (χ4n) is 2.84. The molecule has 22 heavy (non-hydrogen) atoms. The molecule has 118 valence electrons. The quantitative estimate of drug-likeness (QED) is 0.738. The van der Waals surface area contributed by atoms with E-state index >= 15 is 0 Å². The zero-order valence-electron chi connectivity index (χ0n) is 12.9. The maximum absolute atomic E-state index is 12.5. The average Bonchev–Trinajstić information content (AvgIpc) is 2.92. The lowest BCUT2D eigenvalue weighted by molar-refractivity contribution is 0.572. The van der Waals surface area contributed by atoms with E-state index in [1.807, 2.05) is 4.57 Å². The van der Waals surface area contributed by atoms with E-state index in [0.29, 0.717) is 17.7 Å². The number of nitrogens with one attached hydrogen (secondary N) is 1. The van der Waals surface area contributed by atoms with Crippen LogP contribution in [0.5, 0.6) is 0 Å². The van der Waals surface area contributed by atoms with Crippen LogP contribution < -0.4 is 21.5 Å². The SMILES string of the molecule is C=CCn1c(N2CCNCC2)nc2c1c(=O)n(C)c(=O)n2C. The Morgan fingerprint density at radius 3 is 2.55 bits per heavy atom. The van der Waals surface area contributed by atoms with Crippen LogP contribution in [0.15, 0.2) is 22.2 Å². The zero-order valence-corrected chi connectivity index (χ0v) is 12.9. The van der Waals surface area contributed by atoms with Crippen LogP contribution in [0.2, 0.25) is 0 Å². The molecule has 2 aromatic rings. The van der Waals surface area contributed by atoms with Crippen molar-refractivity contribution >= 4 is 17.1 Å².